The first-order valence-electron chi connectivity index (χ1n) is 15.5. The van der Waals surface area contributed by atoms with E-state index in [9.17, 15) is 27.9 Å². The molecule has 8 nitrogen and oxygen atoms in total. The lowest BCUT2D eigenvalue weighted by Crippen LogP contribution is -2.50. The fourth-order valence-corrected chi connectivity index (χ4v) is 6.14. The van der Waals surface area contributed by atoms with Gasteiger partial charge in [0.25, 0.3) is 0 Å². The first kappa shape index (κ1) is 33.6. The molecule has 46 heavy (non-hydrogen) atoms. The molecule has 2 saturated heterocycles. The maximum absolute atomic E-state index is 13.0. The van der Waals surface area contributed by atoms with Crippen molar-refractivity contribution in [2.45, 2.75) is 70.2 Å². The van der Waals surface area contributed by atoms with Crippen LogP contribution in [-0.4, -0.2) is 65.2 Å². The number of carbonyl (C=O) groups excluding carboxylic acids is 2. The second-order valence-corrected chi connectivity index (χ2v) is 12.1. The van der Waals surface area contributed by atoms with E-state index >= 15 is 0 Å². The van der Waals surface area contributed by atoms with Crippen LogP contribution in [0.4, 0.5) is 13.2 Å². The summed E-state index contributed by atoms with van der Waals surface area (Å²) < 4.78 is 52.0. The van der Waals surface area contributed by atoms with Crippen molar-refractivity contribution in [3.63, 3.8) is 0 Å². The zero-order valence-corrected chi connectivity index (χ0v) is 26.0. The minimum absolute atomic E-state index is 0.0170. The average Bonchev–Trinajstić information content (AvgIpc) is 3.54. The van der Waals surface area contributed by atoms with Crippen LogP contribution in [-0.2, 0) is 38.8 Å². The highest BCUT2D eigenvalue weighted by Gasteiger charge is 2.47. The highest BCUT2D eigenvalue weighted by Crippen LogP contribution is 2.42. The summed E-state index contributed by atoms with van der Waals surface area (Å²) in [6.45, 7) is 3.50. The van der Waals surface area contributed by atoms with Crippen molar-refractivity contribution in [3.05, 3.63) is 107 Å². The number of likely N-dealkylation sites (N-methyl/N-ethyl adjacent to an activating group) is 1. The Kier molecular flexibility index (Phi) is 10.8. The maximum Gasteiger partial charge on any atom is 0.471 e. The quantitative estimate of drug-likeness (QED) is 0.314. The van der Waals surface area contributed by atoms with E-state index in [0.29, 0.717) is 17.9 Å². The first-order chi connectivity index (χ1) is 22.0. The summed E-state index contributed by atoms with van der Waals surface area (Å²) in [4.78, 5) is 27.3. The molecule has 0 bridgehead atoms. The number of likely N-dealkylation sites (tertiary alicyclic amines) is 1. The molecule has 5 atom stereocenters. The van der Waals surface area contributed by atoms with Crippen LogP contribution in [0.5, 0.6) is 0 Å². The molecule has 0 aromatic heterocycles. The van der Waals surface area contributed by atoms with E-state index < -0.39 is 30.3 Å². The van der Waals surface area contributed by atoms with Crippen molar-refractivity contribution >= 4 is 11.8 Å². The molecule has 0 spiro atoms. The predicted molar refractivity (Wildman–Crippen MR) is 165 cm³/mol. The van der Waals surface area contributed by atoms with Crippen LogP contribution in [0.25, 0.3) is 0 Å². The number of alkyl halides is 3. The number of benzene rings is 3. The van der Waals surface area contributed by atoms with Gasteiger partial charge in [0.15, 0.2) is 6.29 Å². The number of hydrogen-bond acceptors (Lipinski definition) is 6. The highest BCUT2D eigenvalue weighted by atomic mass is 19.4. The van der Waals surface area contributed by atoms with E-state index in [0.717, 1.165) is 28.8 Å². The van der Waals surface area contributed by atoms with Crippen molar-refractivity contribution in [2.75, 3.05) is 20.1 Å². The Morgan fingerprint density at radius 2 is 1.59 bits per heavy atom. The van der Waals surface area contributed by atoms with Gasteiger partial charge in [-0.2, -0.15) is 13.2 Å². The molecule has 246 valence electrons. The molecule has 2 heterocycles. The van der Waals surface area contributed by atoms with E-state index in [1.807, 2.05) is 66.7 Å². The average molecular weight is 640 g/mol. The number of aliphatic hydroxyl groups excluding tert-OH is 1. The zero-order chi connectivity index (χ0) is 32.8. The number of halogens is 3. The number of aliphatic hydroxyl groups is 1. The summed E-state index contributed by atoms with van der Waals surface area (Å²) in [6.07, 6.45) is -5.59. The van der Waals surface area contributed by atoms with Gasteiger partial charge in [-0.15, -0.1) is 0 Å². The minimum atomic E-state index is -5.02. The Hall–Kier alpha value is -3.77. The van der Waals surface area contributed by atoms with Gasteiger partial charge in [0.2, 0.25) is 5.91 Å². The number of nitrogens with one attached hydrogen (secondary N) is 1. The Labute approximate surface area is 267 Å². The Bertz CT molecular complexity index is 1450. The van der Waals surface area contributed by atoms with Gasteiger partial charge in [-0.3, -0.25) is 14.5 Å². The zero-order valence-electron chi connectivity index (χ0n) is 26.0. The molecule has 5 rings (SSSR count). The van der Waals surface area contributed by atoms with Gasteiger partial charge in [0.05, 0.1) is 18.8 Å². The second-order valence-electron chi connectivity index (χ2n) is 12.1. The van der Waals surface area contributed by atoms with Gasteiger partial charge in [-0.05, 0) is 42.1 Å². The van der Waals surface area contributed by atoms with Crippen molar-refractivity contribution in [2.24, 2.45) is 5.92 Å². The topological polar surface area (TPSA) is 91.3 Å². The third-order valence-electron chi connectivity index (χ3n) is 8.69. The molecule has 2 fully saturated rings. The van der Waals surface area contributed by atoms with Gasteiger partial charge >= 0.3 is 12.1 Å². The van der Waals surface area contributed by atoms with Gasteiger partial charge in [-0.25, -0.2) is 0 Å². The van der Waals surface area contributed by atoms with Gasteiger partial charge in [0.1, 0.15) is 6.04 Å². The largest absolute Gasteiger partial charge is 0.471 e. The number of carbonyl (C=O) groups is 2. The van der Waals surface area contributed by atoms with Crippen LogP contribution in [0.1, 0.15) is 60.0 Å². The first-order valence-corrected chi connectivity index (χ1v) is 15.5. The maximum atomic E-state index is 13.0. The lowest BCUT2D eigenvalue weighted by Gasteiger charge is -2.42. The van der Waals surface area contributed by atoms with Crippen molar-refractivity contribution in [1.82, 2.24) is 15.1 Å². The predicted octanol–water partition coefficient (Wildman–Crippen LogP) is 5.27. The van der Waals surface area contributed by atoms with Crippen LogP contribution >= 0.6 is 0 Å². The monoisotopic (exact) mass is 639 g/mol. The second kappa shape index (κ2) is 14.8. The molecule has 0 unspecified atom stereocenters. The third kappa shape index (κ3) is 8.14. The SMILES string of the molecule is C[C@@H]1[C@H](CN(C)Cc2ccccc2)O[C@H](c2ccc(CNC(=O)[C@@H]3CCCN3C(=O)C(F)(F)F)cc2)O[C@@H]1c1ccc(CO)cc1. The molecule has 0 radical (unpaired) electrons. The van der Waals surface area contributed by atoms with Gasteiger partial charge < -0.3 is 24.8 Å². The normalized spacial score (nSPS) is 23.5. The molecular weight excluding hydrogens is 599 g/mol. The molecule has 3 aromatic carbocycles. The van der Waals surface area contributed by atoms with Gasteiger partial charge in [0, 0.05) is 37.7 Å². The fraction of sp³-hybridized carbons (Fsp3) is 0.429. The Morgan fingerprint density at radius 3 is 2.24 bits per heavy atom. The van der Waals surface area contributed by atoms with Crippen LogP contribution in [0.3, 0.4) is 0 Å². The summed E-state index contributed by atoms with van der Waals surface area (Å²) in [5.74, 6) is -2.57. The Morgan fingerprint density at radius 1 is 0.935 bits per heavy atom. The van der Waals surface area contributed by atoms with E-state index in [-0.39, 0.29) is 44.2 Å². The third-order valence-corrected chi connectivity index (χ3v) is 8.69. The molecule has 2 amide bonds. The summed E-state index contributed by atoms with van der Waals surface area (Å²) in [7, 11) is 2.06. The van der Waals surface area contributed by atoms with E-state index in [1.54, 1.807) is 0 Å². The number of hydrogen-bond donors (Lipinski definition) is 2. The summed E-state index contributed by atoms with van der Waals surface area (Å²) in [5.41, 5.74) is 4.52. The molecule has 0 saturated carbocycles. The van der Waals surface area contributed by atoms with Crippen LogP contribution < -0.4 is 5.32 Å². The summed E-state index contributed by atoms with van der Waals surface area (Å²) >= 11 is 0. The van der Waals surface area contributed by atoms with Crippen molar-refractivity contribution in [3.8, 4) is 0 Å². The fourth-order valence-electron chi connectivity index (χ4n) is 6.14. The molecule has 0 aliphatic carbocycles. The highest BCUT2D eigenvalue weighted by molar-refractivity contribution is 5.90. The molecule has 11 heteroatoms. The Balaban J connectivity index is 1.27. The molecule has 2 N–H and O–H groups in total. The lowest BCUT2D eigenvalue weighted by molar-refractivity contribution is -0.276. The number of nitrogens with zero attached hydrogens (tertiary/aromatic N) is 2. The van der Waals surface area contributed by atoms with E-state index in [2.05, 4.69) is 36.3 Å². The lowest BCUT2D eigenvalue weighted by atomic mass is 9.90. The van der Waals surface area contributed by atoms with E-state index in [1.165, 1.54) is 5.56 Å². The summed E-state index contributed by atoms with van der Waals surface area (Å²) in [5, 5.41) is 12.2. The van der Waals surface area contributed by atoms with Crippen LogP contribution in [0.2, 0.25) is 0 Å². The van der Waals surface area contributed by atoms with Gasteiger partial charge in [-0.1, -0.05) is 85.8 Å². The molecule has 2 aliphatic heterocycles. The molecule has 3 aromatic rings. The van der Waals surface area contributed by atoms with Crippen molar-refractivity contribution in [1.29, 1.82) is 0 Å². The van der Waals surface area contributed by atoms with Crippen LogP contribution in [0.15, 0.2) is 78.9 Å². The number of amides is 2. The minimum Gasteiger partial charge on any atom is -0.392 e. The van der Waals surface area contributed by atoms with Crippen LogP contribution in [0, 0.1) is 5.92 Å². The number of ether oxygens (including phenoxy) is 2. The smallest absolute Gasteiger partial charge is 0.392 e. The van der Waals surface area contributed by atoms with E-state index in [4.69, 9.17) is 9.47 Å². The standard InChI is InChI=1S/C35H40F3N3O5/c1-23-30(21-40(2)20-25-7-4-3-5-8-25)45-33(46-31(23)27-14-12-26(22-42)13-15-27)28-16-10-24(11-17-28)19-39-32(43)29-9-6-18-41(29)34(44)35(36,37)38/h3-5,7-8,10-17,23,29-31,33,42H,6,9,18-22H2,1-2H3,(H,39,43)/t23-,29+,30+,31+,33+/m1/s1. The summed E-state index contributed by atoms with van der Waals surface area (Å²) in [6, 6.07) is 24.1. The van der Waals surface area contributed by atoms with Crippen molar-refractivity contribution < 1.29 is 37.3 Å². The molecular formula is C35H40F3N3O5. The number of rotatable bonds is 10. The molecule has 2 aliphatic rings.